The van der Waals surface area contributed by atoms with E-state index in [1.807, 2.05) is 32.8 Å². The Kier molecular flexibility index (Phi) is 6.52. The van der Waals surface area contributed by atoms with Crippen molar-refractivity contribution < 1.29 is 4.79 Å². The number of nitrogens with zero attached hydrogens (tertiary/aromatic N) is 1. The molecule has 0 unspecified atom stereocenters. The highest BCUT2D eigenvalue weighted by atomic mass is 32.1. The van der Waals surface area contributed by atoms with Gasteiger partial charge in [-0.05, 0) is 26.9 Å². The number of rotatable bonds is 7. The lowest BCUT2D eigenvalue weighted by Gasteiger charge is -2.29. The monoisotopic (exact) mass is 245 g/mol. The van der Waals surface area contributed by atoms with Crippen LogP contribution < -0.4 is 11.1 Å². The normalized spacial score (nSPS) is 11.6. The average molecular weight is 245 g/mol. The fourth-order valence-electron chi connectivity index (χ4n) is 1.59. The van der Waals surface area contributed by atoms with Crippen LogP contribution >= 0.6 is 12.2 Å². The zero-order valence-corrected chi connectivity index (χ0v) is 11.5. The van der Waals surface area contributed by atoms with E-state index in [1.165, 1.54) is 0 Å². The Morgan fingerprint density at radius 1 is 1.38 bits per heavy atom. The second-order valence-electron chi connectivity index (χ2n) is 4.21. The summed E-state index contributed by atoms with van der Waals surface area (Å²) < 4.78 is 0. The van der Waals surface area contributed by atoms with Crippen molar-refractivity contribution in [3.05, 3.63) is 0 Å². The van der Waals surface area contributed by atoms with Gasteiger partial charge in [0.15, 0.2) is 0 Å². The summed E-state index contributed by atoms with van der Waals surface area (Å²) in [7, 11) is 3.93. The SMILES string of the molecule is CCC(CC)(C(=O)NCCN(C)C)C(N)=S. The van der Waals surface area contributed by atoms with Gasteiger partial charge in [-0.1, -0.05) is 26.1 Å². The molecule has 0 heterocycles. The van der Waals surface area contributed by atoms with Crippen LogP contribution in [0.15, 0.2) is 0 Å². The van der Waals surface area contributed by atoms with Gasteiger partial charge in [-0.15, -0.1) is 0 Å². The quantitative estimate of drug-likeness (QED) is 0.650. The van der Waals surface area contributed by atoms with Gasteiger partial charge in [0.05, 0.1) is 10.4 Å². The molecule has 0 aliphatic carbocycles. The number of amides is 1. The summed E-state index contributed by atoms with van der Waals surface area (Å²) in [6.07, 6.45) is 1.29. The Morgan fingerprint density at radius 2 is 1.88 bits per heavy atom. The van der Waals surface area contributed by atoms with Gasteiger partial charge in [0.1, 0.15) is 0 Å². The van der Waals surface area contributed by atoms with Gasteiger partial charge < -0.3 is 16.0 Å². The van der Waals surface area contributed by atoms with Crippen LogP contribution in [0.5, 0.6) is 0 Å². The van der Waals surface area contributed by atoms with Gasteiger partial charge in [-0.25, -0.2) is 0 Å². The minimum Gasteiger partial charge on any atom is -0.392 e. The molecule has 3 N–H and O–H groups in total. The third-order valence-corrected chi connectivity index (χ3v) is 3.35. The van der Waals surface area contributed by atoms with Gasteiger partial charge in [0, 0.05) is 13.1 Å². The van der Waals surface area contributed by atoms with Crippen molar-refractivity contribution in [3.8, 4) is 0 Å². The predicted molar refractivity (Wildman–Crippen MR) is 71.4 cm³/mol. The van der Waals surface area contributed by atoms with E-state index in [0.29, 0.717) is 24.4 Å². The molecule has 0 aliphatic rings. The van der Waals surface area contributed by atoms with Crippen LogP contribution in [0.1, 0.15) is 26.7 Å². The first-order valence-corrected chi connectivity index (χ1v) is 6.04. The number of nitrogens with two attached hydrogens (primary N) is 1. The van der Waals surface area contributed by atoms with Gasteiger partial charge in [0.2, 0.25) is 5.91 Å². The highest BCUT2D eigenvalue weighted by molar-refractivity contribution is 7.80. The molecule has 0 atom stereocenters. The summed E-state index contributed by atoms with van der Waals surface area (Å²) >= 11 is 5.01. The third kappa shape index (κ3) is 3.72. The van der Waals surface area contributed by atoms with Crippen molar-refractivity contribution in [2.24, 2.45) is 11.1 Å². The highest BCUT2D eigenvalue weighted by Crippen LogP contribution is 2.26. The van der Waals surface area contributed by atoms with E-state index in [4.69, 9.17) is 18.0 Å². The molecular formula is C11H23N3OS. The third-order valence-electron chi connectivity index (χ3n) is 2.96. The van der Waals surface area contributed by atoms with E-state index in [0.717, 1.165) is 6.54 Å². The average Bonchev–Trinajstić information content (AvgIpc) is 2.19. The topological polar surface area (TPSA) is 58.4 Å². The van der Waals surface area contributed by atoms with Crippen LogP contribution in [0.2, 0.25) is 0 Å². The molecule has 5 heteroatoms. The maximum absolute atomic E-state index is 12.1. The minimum absolute atomic E-state index is 0.0492. The number of nitrogens with one attached hydrogen (secondary N) is 1. The first-order chi connectivity index (χ1) is 7.40. The molecule has 1 amide bonds. The first-order valence-electron chi connectivity index (χ1n) is 5.63. The predicted octanol–water partition coefficient (Wildman–Crippen LogP) is 0.757. The van der Waals surface area contributed by atoms with E-state index in [9.17, 15) is 4.79 Å². The number of hydrogen-bond acceptors (Lipinski definition) is 3. The molecule has 0 bridgehead atoms. The molecule has 0 spiro atoms. The molecule has 94 valence electrons. The Bertz CT molecular complexity index is 250. The maximum Gasteiger partial charge on any atom is 0.233 e. The molecule has 4 nitrogen and oxygen atoms in total. The van der Waals surface area contributed by atoms with E-state index < -0.39 is 5.41 Å². The van der Waals surface area contributed by atoms with Crippen LogP contribution in [-0.4, -0.2) is 43.0 Å². The summed E-state index contributed by atoms with van der Waals surface area (Å²) in [4.78, 5) is 14.4. The Balaban J connectivity index is 4.46. The zero-order valence-electron chi connectivity index (χ0n) is 10.7. The van der Waals surface area contributed by atoms with Crippen molar-refractivity contribution >= 4 is 23.1 Å². The molecule has 0 aromatic carbocycles. The van der Waals surface area contributed by atoms with Gasteiger partial charge >= 0.3 is 0 Å². The van der Waals surface area contributed by atoms with E-state index in [1.54, 1.807) is 0 Å². The Hall–Kier alpha value is -0.680. The summed E-state index contributed by atoms with van der Waals surface area (Å²) in [6, 6.07) is 0. The second-order valence-corrected chi connectivity index (χ2v) is 4.65. The van der Waals surface area contributed by atoms with Crippen LogP contribution in [0.25, 0.3) is 0 Å². The molecule has 0 saturated carbocycles. The van der Waals surface area contributed by atoms with Crippen molar-refractivity contribution in [1.82, 2.24) is 10.2 Å². The Morgan fingerprint density at radius 3 is 2.19 bits per heavy atom. The fraction of sp³-hybridized carbons (Fsp3) is 0.818. The molecule has 0 saturated heterocycles. The van der Waals surface area contributed by atoms with Crippen molar-refractivity contribution in [3.63, 3.8) is 0 Å². The summed E-state index contributed by atoms with van der Waals surface area (Å²) in [5.41, 5.74) is 5.01. The number of carbonyl (C=O) groups is 1. The fourth-order valence-corrected chi connectivity index (χ4v) is 1.98. The molecule has 0 aromatic heterocycles. The van der Waals surface area contributed by atoms with Crippen LogP contribution in [0.4, 0.5) is 0 Å². The number of likely N-dealkylation sites (N-methyl/N-ethyl adjacent to an activating group) is 1. The standard InChI is InChI=1S/C11H23N3OS/c1-5-11(6-2,9(12)16)10(15)13-7-8-14(3)4/h5-8H2,1-4H3,(H2,12,16)(H,13,15). The summed E-state index contributed by atoms with van der Waals surface area (Å²) in [5.74, 6) is -0.0492. The van der Waals surface area contributed by atoms with E-state index in [2.05, 4.69) is 5.32 Å². The number of thiocarbonyl (C=S) groups is 1. The second kappa shape index (κ2) is 6.81. The van der Waals surface area contributed by atoms with E-state index >= 15 is 0 Å². The van der Waals surface area contributed by atoms with Gasteiger partial charge in [0.25, 0.3) is 0 Å². The number of hydrogen-bond donors (Lipinski definition) is 2. The lowest BCUT2D eigenvalue weighted by molar-refractivity contribution is -0.127. The van der Waals surface area contributed by atoms with Gasteiger partial charge in [-0.2, -0.15) is 0 Å². The minimum atomic E-state index is -0.679. The zero-order chi connectivity index (χ0) is 12.8. The molecule has 0 aromatic rings. The molecule has 0 fully saturated rings. The molecule has 0 aliphatic heterocycles. The molecular weight excluding hydrogens is 222 g/mol. The van der Waals surface area contributed by atoms with Gasteiger partial charge in [-0.3, -0.25) is 4.79 Å². The summed E-state index contributed by atoms with van der Waals surface area (Å²) in [5, 5.41) is 2.89. The van der Waals surface area contributed by atoms with Crippen LogP contribution in [-0.2, 0) is 4.79 Å². The lowest BCUT2D eigenvalue weighted by atomic mass is 9.81. The van der Waals surface area contributed by atoms with Crippen LogP contribution in [0, 0.1) is 5.41 Å². The molecule has 0 radical (unpaired) electrons. The van der Waals surface area contributed by atoms with Crippen LogP contribution in [0.3, 0.4) is 0 Å². The van der Waals surface area contributed by atoms with Crippen molar-refractivity contribution in [2.45, 2.75) is 26.7 Å². The van der Waals surface area contributed by atoms with Crippen molar-refractivity contribution in [1.29, 1.82) is 0 Å². The molecule has 16 heavy (non-hydrogen) atoms. The largest absolute Gasteiger partial charge is 0.392 e. The maximum atomic E-state index is 12.1. The van der Waals surface area contributed by atoms with E-state index in [-0.39, 0.29) is 5.91 Å². The first kappa shape index (κ1) is 15.3. The summed E-state index contributed by atoms with van der Waals surface area (Å²) in [6.45, 7) is 5.31. The lowest BCUT2D eigenvalue weighted by Crippen LogP contribution is -2.49. The Labute approximate surface area is 104 Å². The van der Waals surface area contributed by atoms with Crippen molar-refractivity contribution in [2.75, 3.05) is 27.2 Å². The highest BCUT2D eigenvalue weighted by Gasteiger charge is 2.37. The number of carbonyl (C=O) groups excluding carboxylic acids is 1. The smallest absolute Gasteiger partial charge is 0.233 e. The molecule has 0 rings (SSSR count).